The molecule has 0 saturated carbocycles. The van der Waals surface area contributed by atoms with Crippen molar-refractivity contribution in [1.29, 1.82) is 0 Å². The number of nitrogens with zero attached hydrogens (tertiary/aromatic N) is 1. The van der Waals surface area contributed by atoms with Crippen LogP contribution in [-0.4, -0.2) is 0 Å². The van der Waals surface area contributed by atoms with Crippen molar-refractivity contribution in [1.82, 2.24) is 0 Å². The first-order valence-corrected chi connectivity index (χ1v) is 25.7. The Morgan fingerprint density at radius 3 is 1.95 bits per heavy atom. The van der Waals surface area contributed by atoms with Gasteiger partial charge in [-0.15, -0.1) is 0 Å². The van der Waals surface area contributed by atoms with Crippen molar-refractivity contribution in [2.24, 2.45) is 5.92 Å². The SMILES string of the molecule is CC1(C)c2ccccc2-c2ccc(N(c3ccc(-c4ccccc4)cc3)c3ccc(-c4ccc(-c5cccc6c5oc5ccccc56)c5c4-c4ccccc4C5(C4=CC=CCC#C4)C4C=CC=CC4)cc3)cc21. The molecule has 14 rings (SSSR count). The van der Waals surface area contributed by atoms with E-state index < -0.39 is 5.41 Å². The van der Waals surface area contributed by atoms with Crippen LogP contribution in [0, 0.1) is 17.8 Å². The van der Waals surface area contributed by atoms with Gasteiger partial charge < -0.3 is 9.32 Å². The molecular weight excluding hydrogens is 883 g/mol. The van der Waals surface area contributed by atoms with Crippen LogP contribution in [0.15, 0.2) is 253 Å². The molecule has 0 amide bonds. The van der Waals surface area contributed by atoms with Crippen LogP contribution >= 0.6 is 0 Å². The maximum Gasteiger partial charge on any atom is 0.143 e. The van der Waals surface area contributed by atoms with Crippen LogP contribution in [0.3, 0.4) is 0 Å². The Morgan fingerprint density at radius 2 is 1.14 bits per heavy atom. The van der Waals surface area contributed by atoms with Crippen LogP contribution in [0.4, 0.5) is 17.1 Å². The molecule has 2 atom stereocenters. The van der Waals surface area contributed by atoms with Gasteiger partial charge in [0.15, 0.2) is 0 Å². The standard InChI is InChI=1S/C71H51NO/c1-70(2)63-31-16-13-26-56(63)57-43-42-54(46-65(57)70)72(52-38-34-48(35-39-52)47-20-7-5-8-21-47)53-40-36-49(37-41-53)55-44-45-59(61-30-19-29-60-58-27-15-18-33-66(58)73-69(60)61)68-67(55)62-28-14-17-32-64(62)71(68,51-24-11-6-12-25-51)50-22-9-3-4-10-23-50/h3,5-9,11-22,24,26-46,51H,4,25H2,1-2H3. The summed E-state index contributed by atoms with van der Waals surface area (Å²) in [5, 5.41) is 2.25. The maximum atomic E-state index is 6.88. The number of hydrogen-bond donors (Lipinski definition) is 0. The van der Waals surface area contributed by atoms with E-state index in [9.17, 15) is 0 Å². The van der Waals surface area contributed by atoms with Gasteiger partial charge in [0.25, 0.3) is 0 Å². The molecule has 0 radical (unpaired) electrons. The monoisotopic (exact) mass is 933 g/mol. The highest BCUT2D eigenvalue weighted by molar-refractivity contribution is 6.11. The van der Waals surface area contributed by atoms with E-state index in [0.717, 1.165) is 62.1 Å². The van der Waals surface area contributed by atoms with Gasteiger partial charge in [-0.1, -0.05) is 220 Å². The molecule has 4 aliphatic rings. The van der Waals surface area contributed by atoms with Gasteiger partial charge in [-0.05, 0) is 133 Å². The average Bonchev–Trinajstić information content (AvgIpc) is 3.94. The second-order valence-electron chi connectivity index (χ2n) is 20.4. The van der Waals surface area contributed by atoms with Gasteiger partial charge >= 0.3 is 0 Å². The second-order valence-corrected chi connectivity index (χ2v) is 20.4. The summed E-state index contributed by atoms with van der Waals surface area (Å²) in [5.41, 5.74) is 22.9. The van der Waals surface area contributed by atoms with Crippen LogP contribution < -0.4 is 4.90 Å². The van der Waals surface area contributed by atoms with Crippen LogP contribution in [0.25, 0.3) is 77.6 Å². The van der Waals surface area contributed by atoms with E-state index in [4.69, 9.17) is 4.42 Å². The molecular formula is C71H51NO. The summed E-state index contributed by atoms with van der Waals surface area (Å²) in [5.74, 6) is 7.45. The fourth-order valence-electron chi connectivity index (χ4n) is 12.9. The summed E-state index contributed by atoms with van der Waals surface area (Å²) >= 11 is 0. The molecule has 10 aromatic rings. The minimum atomic E-state index is -0.599. The highest BCUT2D eigenvalue weighted by Crippen LogP contribution is 2.63. The van der Waals surface area contributed by atoms with Gasteiger partial charge in [-0.2, -0.15) is 0 Å². The minimum Gasteiger partial charge on any atom is -0.455 e. The summed E-state index contributed by atoms with van der Waals surface area (Å²) in [6.45, 7) is 4.72. The molecule has 1 heterocycles. The number of furan rings is 1. The molecule has 1 aromatic heterocycles. The lowest BCUT2D eigenvalue weighted by molar-refractivity contribution is 0.460. The van der Waals surface area contributed by atoms with Gasteiger partial charge in [0.1, 0.15) is 11.2 Å². The number of fused-ring (bicyclic) bond motifs is 9. The number of benzene rings is 9. The lowest BCUT2D eigenvalue weighted by Crippen LogP contribution is -2.36. The third-order valence-corrected chi connectivity index (χ3v) is 16.2. The van der Waals surface area contributed by atoms with Crippen LogP contribution in [-0.2, 0) is 10.8 Å². The Kier molecular flexibility index (Phi) is 9.92. The Hall–Kier alpha value is -8.90. The van der Waals surface area contributed by atoms with Crippen molar-refractivity contribution in [3.05, 3.63) is 271 Å². The van der Waals surface area contributed by atoms with E-state index in [2.05, 4.69) is 273 Å². The predicted molar refractivity (Wildman–Crippen MR) is 304 cm³/mol. The molecule has 73 heavy (non-hydrogen) atoms. The summed E-state index contributed by atoms with van der Waals surface area (Å²) < 4.78 is 6.88. The molecule has 346 valence electrons. The van der Waals surface area contributed by atoms with Gasteiger partial charge in [0.2, 0.25) is 0 Å². The molecule has 4 aliphatic carbocycles. The van der Waals surface area contributed by atoms with E-state index >= 15 is 0 Å². The van der Waals surface area contributed by atoms with Crippen molar-refractivity contribution in [2.75, 3.05) is 4.90 Å². The Labute approximate surface area is 427 Å². The van der Waals surface area contributed by atoms with Crippen molar-refractivity contribution in [2.45, 2.75) is 37.5 Å². The van der Waals surface area contributed by atoms with E-state index in [-0.39, 0.29) is 11.3 Å². The molecule has 2 heteroatoms. The molecule has 0 fully saturated rings. The largest absolute Gasteiger partial charge is 0.455 e. The van der Waals surface area contributed by atoms with Crippen LogP contribution in [0.5, 0.6) is 0 Å². The quantitative estimate of drug-likeness (QED) is 0.141. The van der Waals surface area contributed by atoms with Crippen molar-refractivity contribution >= 4 is 39.0 Å². The van der Waals surface area contributed by atoms with Gasteiger partial charge in [-0.25, -0.2) is 0 Å². The topological polar surface area (TPSA) is 16.4 Å². The Bertz CT molecular complexity index is 4050. The van der Waals surface area contributed by atoms with Crippen LogP contribution in [0.2, 0.25) is 0 Å². The van der Waals surface area contributed by atoms with Crippen molar-refractivity contribution in [3.8, 4) is 67.5 Å². The molecule has 0 N–H and O–H groups in total. The predicted octanol–water partition coefficient (Wildman–Crippen LogP) is 18.7. The van der Waals surface area contributed by atoms with Crippen LogP contribution in [0.1, 0.15) is 48.9 Å². The third kappa shape index (κ3) is 6.59. The normalized spacial score (nSPS) is 17.6. The lowest BCUT2D eigenvalue weighted by atomic mass is 9.60. The highest BCUT2D eigenvalue weighted by atomic mass is 16.3. The average molecular weight is 934 g/mol. The van der Waals surface area contributed by atoms with Crippen molar-refractivity contribution < 1.29 is 4.42 Å². The maximum absolute atomic E-state index is 6.88. The number of allylic oxidation sites excluding steroid dienone is 8. The summed E-state index contributed by atoms with van der Waals surface area (Å²) in [6.07, 6.45) is 17.5. The fourth-order valence-corrected chi connectivity index (χ4v) is 12.9. The zero-order valence-electron chi connectivity index (χ0n) is 40.9. The molecule has 0 saturated heterocycles. The zero-order chi connectivity index (χ0) is 48.7. The Morgan fingerprint density at radius 1 is 0.493 bits per heavy atom. The zero-order valence-corrected chi connectivity index (χ0v) is 40.9. The molecule has 0 aliphatic heterocycles. The van der Waals surface area contributed by atoms with E-state index in [1.807, 2.05) is 0 Å². The first kappa shape index (κ1) is 42.9. The number of para-hydroxylation sites is 2. The first-order valence-electron chi connectivity index (χ1n) is 25.7. The first-order chi connectivity index (χ1) is 36.0. The second kappa shape index (κ2) is 16.9. The number of hydrogen-bond acceptors (Lipinski definition) is 2. The van der Waals surface area contributed by atoms with Gasteiger partial charge in [0, 0.05) is 50.8 Å². The summed E-state index contributed by atoms with van der Waals surface area (Å²) in [7, 11) is 0. The number of rotatable bonds is 8. The third-order valence-electron chi connectivity index (χ3n) is 16.2. The summed E-state index contributed by atoms with van der Waals surface area (Å²) in [6, 6.07) is 73.9. The molecule has 2 unspecified atom stereocenters. The molecule has 2 nitrogen and oxygen atoms in total. The smallest absolute Gasteiger partial charge is 0.143 e. The van der Waals surface area contributed by atoms with Crippen molar-refractivity contribution in [3.63, 3.8) is 0 Å². The van der Waals surface area contributed by atoms with E-state index in [1.165, 1.54) is 66.8 Å². The lowest BCUT2D eigenvalue weighted by Gasteiger charge is -2.40. The van der Waals surface area contributed by atoms with Gasteiger partial charge in [0.05, 0.1) is 5.41 Å². The fraction of sp³-hybridized carbons (Fsp3) is 0.0986. The Balaban J connectivity index is 0.981. The summed E-state index contributed by atoms with van der Waals surface area (Å²) in [4.78, 5) is 2.42. The molecule has 0 bridgehead atoms. The van der Waals surface area contributed by atoms with E-state index in [1.54, 1.807) is 0 Å². The van der Waals surface area contributed by atoms with E-state index in [0.29, 0.717) is 6.42 Å². The minimum absolute atomic E-state index is 0.102. The van der Waals surface area contributed by atoms with Gasteiger partial charge in [-0.3, -0.25) is 0 Å². The number of anilines is 3. The molecule has 0 spiro atoms. The molecule has 9 aromatic carbocycles. The highest BCUT2D eigenvalue weighted by Gasteiger charge is 2.52.